The lowest BCUT2D eigenvalue weighted by molar-refractivity contribution is -0.0284. The van der Waals surface area contributed by atoms with Crippen molar-refractivity contribution in [3.8, 4) is 0 Å². The molecule has 1 rings (SSSR count). The van der Waals surface area contributed by atoms with Crippen LogP contribution in [0.25, 0.3) is 0 Å². The maximum Gasteiger partial charge on any atom is 0.128 e. The van der Waals surface area contributed by atoms with E-state index in [0.29, 0.717) is 0 Å². The van der Waals surface area contributed by atoms with E-state index in [4.69, 9.17) is 17.7 Å². The van der Waals surface area contributed by atoms with Crippen LogP contribution in [0, 0.1) is 0 Å². The Morgan fingerprint density at radius 2 is 2.25 bits per heavy atom. The second kappa shape index (κ2) is 3.18. The first-order valence-electron chi connectivity index (χ1n) is 3.62. The van der Waals surface area contributed by atoms with Gasteiger partial charge in [0.15, 0.2) is 0 Å². The van der Waals surface area contributed by atoms with Gasteiger partial charge in [0.2, 0.25) is 0 Å². The van der Waals surface area contributed by atoms with Crippen LogP contribution >= 0.6 is 0 Å². The van der Waals surface area contributed by atoms with Crippen molar-refractivity contribution >= 4 is 7.85 Å². The fourth-order valence-electron chi connectivity index (χ4n) is 1.22. The van der Waals surface area contributed by atoms with Crippen LogP contribution in [0.15, 0.2) is 12.7 Å². The first kappa shape index (κ1) is 9.73. The van der Waals surface area contributed by atoms with Gasteiger partial charge < -0.3 is 20.1 Å². The van der Waals surface area contributed by atoms with Gasteiger partial charge in [0.25, 0.3) is 0 Å². The lowest BCUT2D eigenvalue weighted by Gasteiger charge is -2.25. The molecule has 0 amide bonds. The molecule has 0 aliphatic carbocycles. The van der Waals surface area contributed by atoms with E-state index in [1.807, 2.05) is 0 Å². The molecule has 4 unspecified atom stereocenters. The van der Waals surface area contributed by atoms with Gasteiger partial charge >= 0.3 is 0 Å². The fraction of sp³-hybridized carbons (Fsp3) is 0.714. The van der Waals surface area contributed by atoms with E-state index < -0.39 is 23.8 Å². The van der Waals surface area contributed by atoms with Gasteiger partial charge in [-0.2, -0.15) is 0 Å². The quantitative estimate of drug-likeness (QED) is 0.336. The van der Waals surface area contributed by atoms with Crippen molar-refractivity contribution in [3.05, 3.63) is 12.7 Å². The molecule has 0 saturated carbocycles. The van der Waals surface area contributed by atoms with Crippen LogP contribution in [0.4, 0.5) is 0 Å². The third-order valence-corrected chi connectivity index (χ3v) is 2.11. The lowest BCUT2D eigenvalue weighted by Crippen LogP contribution is -2.46. The molecule has 0 aromatic rings. The highest BCUT2D eigenvalue weighted by atomic mass is 16.6. The third-order valence-electron chi connectivity index (χ3n) is 2.11. The summed E-state index contributed by atoms with van der Waals surface area (Å²) >= 11 is 0. The van der Waals surface area contributed by atoms with Gasteiger partial charge in [-0.25, -0.2) is 0 Å². The van der Waals surface area contributed by atoms with E-state index in [2.05, 4.69) is 6.58 Å². The molecular formula is C7H11BO4. The molecule has 0 aromatic heterocycles. The molecule has 3 N–H and O–H groups in total. The van der Waals surface area contributed by atoms with E-state index in [0.717, 1.165) is 6.08 Å². The third kappa shape index (κ3) is 1.19. The van der Waals surface area contributed by atoms with Crippen molar-refractivity contribution in [3.63, 3.8) is 0 Å². The van der Waals surface area contributed by atoms with Gasteiger partial charge in [-0.15, -0.1) is 6.58 Å². The molecule has 1 aliphatic rings. The second-order valence-corrected chi connectivity index (χ2v) is 2.81. The molecule has 1 heterocycles. The zero-order valence-corrected chi connectivity index (χ0v) is 6.55. The molecular weight excluding hydrogens is 159 g/mol. The minimum Gasteiger partial charge on any atom is -0.394 e. The molecule has 1 fully saturated rings. The van der Waals surface area contributed by atoms with Gasteiger partial charge in [0, 0.05) is 0 Å². The van der Waals surface area contributed by atoms with Gasteiger partial charge in [0.05, 0.1) is 12.6 Å². The Balaban J connectivity index is 2.83. The largest absolute Gasteiger partial charge is 0.394 e. The fourth-order valence-corrected chi connectivity index (χ4v) is 1.22. The van der Waals surface area contributed by atoms with Crippen LogP contribution < -0.4 is 0 Å². The summed E-state index contributed by atoms with van der Waals surface area (Å²) in [7, 11) is 5.37. The molecule has 2 radical (unpaired) electrons. The summed E-state index contributed by atoms with van der Waals surface area (Å²) in [4.78, 5) is 0. The smallest absolute Gasteiger partial charge is 0.128 e. The highest BCUT2D eigenvalue weighted by molar-refractivity contribution is 6.12. The van der Waals surface area contributed by atoms with Crippen molar-refractivity contribution in [2.75, 3.05) is 6.61 Å². The molecule has 4 nitrogen and oxygen atoms in total. The summed E-state index contributed by atoms with van der Waals surface area (Å²) in [6.45, 7) is 2.95. The SMILES string of the molecule is [B]C1OC(CO)C(O)C1(O)C=C. The van der Waals surface area contributed by atoms with Crippen molar-refractivity contribution in [2.45, 2.75) is 23.8 Å². The summed E-state index contributed by atoms with van der Waals surface area (Å²) in [6, 6.07) is -1.04. The van der Waals surface area contributed by atoms with E-state index in [-0.39, 0.29) is 6.61 Å². The first-order chi connectivity index (χ1) is 5.56. The zero-order chi connectivity index (χ0) is 9.35. The molecule has 4 atom stereocenters. The molecule has 66 valence electrons. The van der Waals surface area contributed by atoms with Crippen LogP contribution in [0.2, 0.25) is 0 Å². The molecule has 1 aliphatic heterocycles. The summed E-state index contributed by atoms with van der Waals surface area (Å²) in [5.74, 6) is 0. The number of aliphatic hydroxyl groups excluding tert-OH is 2. The highest BCUT2D eigenvalue weighted by Gasteiger charge is 2.50. The van der Waals surface area contributed by atoms with Crippen molar-refractivity contribution in [2.24, 2.45) is 0 Å². The van der Waals surface area contributed by atoms with Crippen LogP contribution in [-0.4, -0.2) is 53.6 Å². The van der Waals surface area contributed by atoms with E-state index in [9.17, 15) is 10.2 Å². The number of hydrogen-bond acceptors (Lipinski definition) is 4. The topological polar surface area (TPSA) is 69.9 Å². The van der Waals surface area contributed by atoms with Crippen molar-refractivity contribution in [1.29, 1.82) is 0 Å². The molecule has 0 bridgehead atoms. The minimum atomic E-state index is -1.66. The maximum atomic E-state index is 9.61. The van der Waals surface area contributed by atoms with E-state index in [1.54, 1.807) is 0 Å². The predicted octanol–water partition coefficient (Wildman–Crippen LogP) is -1.85. The zero-order valence-electron chi connectivity index (χ0n) is 6.55. The van der Waals surface area contributed by atoms with Crippen LogP contribution in [-0.2, 0) is 4.74 Å². The summed E-state index contributed by atoms with van der Waals surface area (Å²) in [5, 5.41) is 27.7. The van der Waals surface area contributed by atoms with Gasteiger partial charge in [0.1, 0.15) is 25.7 Å². The lowest BCUT2D eigenvalue weighted by atomic mass is 9.80. The molecule has 0 aromatic carbocycles. The van der Waals surface area contributed by atoms with E-state index >= 15 is 0 Å². The van der Waals surface area contributed by atoms with Crippen LogP contribution in [0.1, 0.15) is 0 Å². The standard InChI is InChI=1S/C7H11BO4/c1-2-7(11)5(10)4(3-9)12-6(7)8/h2,4-6,9-11H,1,3H2. The van der Waals surface area contributed by atoms with E-state index in [1.165, 1.54) is 0 Å². The Morgan fingerprint density at radius 1 is 1.67 bits per heavy atom. The average molecular weight is 170 g/mol. The van der Waals surface area contributed by atoms with Crippen LogP contribution in [0.5, 0.6) is 0 Å². The van der Waals surface area contributed by atoms with Crippen LogP contribution in [0.3, 0.4) is 0 Å². The highest BCUT2D eigenvalue weighted by Crippen LogP contribution is 2.30. The number of rotatable bonds is 2. The number of hydrogen-bond donors (Lipinski definition) is 3. The first-order valence-corrected chi connectivity index (χ1v) is 3.62. The van der Waals surface area contributed by atoms with Crippen molar-refractivity contribution in [1.82, 2.24) is 0 Å². The Hall–Kier alpha value is -0.355. The molecule has 12 heavy (non-hydrogen) atoms. The van der Waals surface area contributed by atoms with Gasteiger partial charge in [-0.05, 0) is 0 Å². The number of ether oxygens (including phenoxy) is 1. The predicted molar refractivity (Wildman–Crippen MR) is 42.7 cm³/mol. The normalized spacial score (nSPS) is 47.8. The average Bonchev–Trinajstić information content (AvgIpc) is 2.30. The summed E-state index contributed by atoms with van der Waals surface area (Å²) in [5.41, 5.74) is -1.66. The molecule has 5 heteroatoms. The maximum absolute atomic E-state index is 9.61. The Bertz CT molecular complexity index is 186. The monoisotopic (exact) mass is 170 g/mol. The Morgan fingerprint density at radius 3 is 2.50 bits per heavy atom. The Labute approximate surface area is 71.9 Å². The molecule has 0 spiro atoms. The number of aliphatic hydroxyl groups is 3. The molecule has 1 saturated heterocycles. The van der Waals surface area contributed by atoms with Gasteiger partial charge in [-0.3, -0.25) is 0 Å². The van der Waals surface area contributed by atoms with Gasteiger partial charge in [-0.1, -0.05) is 6.08 Å². The summed E-state index contributed by atoms with van der Waals surface area (Å²) in [6.07, 6.45) is -0.948. The summed E-state index contributed by atoms with van der Waals surface area (Å²) < 4.78 is 4.89. The minimum absolute atomic E-state index is 0.384. The van der Waals surface area contributed by atoms with Crippen molar-refractivity contribution < 1.29 is 20.1 Å². The second-order valence-electron chi connectivity index (χ2n) is 2.81. The Kier molecular flexibility index (Phi) is 2.58.